The minimum absolute atomic E-state index is 0.114. The number of aromatic nitrogens is 5. The first-order valence-electron chi connectivity index (χ1n) is 5.89. The van der Waals surface area contributed by atoms with E-state index in [1.165, 1.54) is 24.1 Å². The Kier molecular flexibility index (Phi) is 4.39. The van der Waals surface area contributed by atoms with Crippen molar-refractivity contribution in [3.8, 4) is 0 Å². The Labute approximate surface area is 118 Å². The van der Waals surface area contributed by atoms with Gasteiger partial charge in [-0.1, -0.05) is 5.21 Å². The molecule has 2 aromatic rings. The summed E-state index contributed by atoms with van der Waals surface area (Å²) < 4.78 is 5.90. The third-order valence-electron chi connectivity index (χ3n) is 2.46. The van der Waals surface area contributed by atoms with Crippen molar-refractivity contribution in [2.24, 2.45) is 0 Å². The molecule has 0 amide bonds. The van der Waals surface area contributed by atoms with Crippen LogP contribution in [0.5, 0.6) is 0 Å². The van der Waals surface area contributed by atoms with Gasteiger partial charge in [0.15, 0.2) is 11.4 Å². The Hall–Kier alpha value is -3.04. The highest BCUT2D eigenvalue weighted by atomic mass is 16.5. The van der Waals surface area contributed by atoms with E-state index < -0.39 is 11.9 Å². The monoisotopic (exact) mass is 292 g/mol. The van der Waals surface area contributed by atoms with Crippen LogP contribution in [0.3, 0.4) is 0 Å². The summed E-state index contributed by atoms with van der Waals surface area (Å²) in [6.07, 6.45) is 1.33. The van der Waals surface area contributed by atoms with Crippen molar-refractivity contribution in [3.63, 3.8) is 0 Å². The van der Waals surface area contributed by atoms with Gasteiger partial charge >= 0.3 is 11.9 Å². The molecule has 2 heterocycles. The zero-order valence-electron chi connectivity index (χ0n) is 11.1. The molecule has 0 bridgehead atoms. The molecule has 10 heteroatoms. The van der Waals surface area contributed by atoms with Gasteiger partial charge in [-0.05, 0) is 12.1 Å². The Balaban J connectivity index is 1.85. The van der Waals surface area contributed by atoms with Crippen molar-refractivity contribution >= 4 is 17.8 Å². The van der Waals surface area contributed by atoms with Crippen molar-refractivity contribution in [2.75, 3.05) is 19.0 Å². The smallest absolute Gasteiger partial charge is 0.358 e. The Bertz CT molecular complexity index is 638. The van der Waals surface area contributed by atoms with Gasteiger partial charge in [-0.2, -0.15) is 0 Å². The summed E-state index contributed by atoms with van der Waals surface area (Å²) in [5.41, 5.74) is 0.00245. The fraction of sp³-hybridized carbons (Fsp3) is 0.273. The lowest BCUT2D eigenvalue weighted by Gasteiger charge is -2.04. The second-order valence-electron chi connectivity index (χ2n) is 3.89. The van der Waals surface area contributed by atoms with Crippen LogP contribution in [0.2, 0.25) is 0 Å². The molecule has 0 saturated carbocycles. The largest absolute Gasteiger partial charge is 0.476 e. The number of carbonyl (C=O) groups excluding carboxylic acids is 1. The number of nitrogens with zero attached hydrogens (tertiary/aromatic N) is 5. The average Bonchev–Trinajstić information content (AvgIpc) is 2.96. The number of aromatic carboxylic acids is 1. The maximum Gasteiger partial charge on any atom is 0.358 e. The number of carboxylic acid groups (broad SMARTS) is 1. The molecule has 0 fully saturated rings. The molecule has 10 nitrogen and oxygen atoms in total. The van der Waals surface area contributed by atoms with Gasteiger partial charge in [-0.3, -0.25) is 0 Å². The molecule has 0 aliphatic heterocycles. The highest BCUT2D eigenvalue weighted by Gasteiger charge is 2.09. The van der Waals surface area contributed by atoms with Crippen molar-refractivity contribution in [1.82, 2.24) is 25.2 Å². The standard InChI is InChI=1S/C11H12N6O4/c1-21-11(20)7-2-3-9(15-13-7)12-4-5-17-6-8(10(18)19)14-16-17/h2-3,6H,4-5H2,1H3,(H,12,15)(H,18,19). The molecular weight excluding hydrogens is 280 g/mol. The number of hydrogen-bond acceptors (Lipinski definition) is 8. The van der Waals surface area contributed by atoms with Gasteiger partial charge < -0.3 is 15.2 Å². The molecule has 0 radical (unpaired) electrons. The van der Waals surface area contributed by atoms with E-state index in [0.29, 0.717) is 18.9 Å². The summed E-state index contributed by atoms with van der Waals surface area (Å²) >= 11 is 0. The van der Waals surface area contributed by atoms with Crippen LogP contribution in [0, 0.1) is 0 Å². The van der Waals surface area contributed by atoms with Crippen molar-refractivity contribution in [3.05, 3.63) is 29.7 Å². The van der Waals surface area contributed by atoms with Gasteiger partial charge in [0.25, 0.3) is 0 Å². The molecule has 21 heavy (non-hydrogen) atoms. The fourth-order valence-electron chi connectivity index (χ4n) is 1.44. The summed E-state index contributed by atoms with van der Waals surface area (Å²) in [6, 6.07) is 3.07. The molecule has 0 unspecified atom stereocenters. The summed E-state index contributed by atoms with van der Waals surface area (Å²) in [5.74, 6) is -1.21. The van der Waals surface area contributed by atoms with E-state index in [4.69, 9.17) is 5.11 Å². The quantitative estimate of drug-likeness (QED) is 0.686. The van der Waals surface area contributed by atoms with Crippen molar-refractivity contribution in [1.29, 1.82) is 0 Å². The molecule has 0 saturated heterocycles. The number of esters is 1. The zero-order chi connectivity index (χ0) is 15.2. The molecule has 0 aliphatic carbocycles. The normalized spacial score (nSPS) is 10.1. The lowest BCUT2D eigenvalue weighted by molar-refractivity contribution is 0.0592. The highest BCUT2D eigenvalue weighted by molar-refractivity contribution is 5.87. The molecular formula is C11H12N6O4. The van der Waals surface area contributed by atoms with Crippen LogP contribution in [-0.2, 0) is 11.3 Å². The van der Waals surface area contributed by atoms with Crippen LogP contribution in [0.15, 0.2) is 18.3 Å². The first-order chi connectivity index (χ1) is 10.1. The highest BCUT2D eigenvalue weighted by Crippen LogP contribution is 2.03. The Morgan fingerprint density at radius 3 is 2.67 bits per heavy atom. The number of methoxy groups -OCH3 is 1. The van der Waals surface area contributed by atoms with Crippen LogP contribution in [-0.4, -0.2) is 55.9 Å². The van der Waals surface area contributed by atoms with E-state index in [2.05, 4.69) is 30.6 Å². The summed E-state index contributed by atoms with van der Waals surface area (Å²) in [6.45, 7) is 0.843. The summed E-state index contributed by atoms with van der Waals surface area (Å²) in [5, 5.41) is 26.3. The molecule has 2 aromatic heterocycles. The SMILES string of the molecule is COC(=O)c1ccc(NCCn2cc(C(=O)O)nn2)nn1. The van der Waals surface area contributed by atoms with E-state index in [0.717, 1.165) is 0 Å². The lowest BCUT2D eigenvalue weighted by Crippen LogP contribution is -2.13. The number of carbonyl (C=O) groups is 2. The molecule has 0 spiro atoms. The number of anilines is 1. The number of rotatable bonds is 6. The predicted octanol–water partition coefficient (Wildman–Crippen LogP) is -0.335. The minimum atomic E-state index is -1.13. The van der Waals surface area contributed by atoms with Gasteiger partial charge in [0, 0.05) is 6.54 Å². The summed E-state index contributed by atoms with van der Waals surface area (Å²) in [4.78, 5) is 21.8. The summed E-state index contributed by atoms with van der Waals surface area (Å²) in [7, 11) is 1.26. The van der Waals surface area contributed by atoms with Crippen LogP contribution >= 0.6 is 0 Å². The third kappa shape index (κ3) is 3.72. The van der Waals surface area contributed by atoms with Gasteiger partial charge in [0.05, 0.1) is 19.9 Å². The van der Waals surface area contributed by atoms with Crippen LogP contribution in [0.4, 0.5) is 5.82 Å². The molecule has 0 aliphatic rings. The maximum atomic E-state index is 11.2. The second kappa shape index (κ2) is 6.41. The predicted molar refractivity (Wildman–Crippen MR) is 68.8 cm³/mol. The van der Waals surface area contributed by atoms with Gasteiger partial charge in [-0.15, -0.1) is 15.3 Å². The van der Waals surface area contributed by atoms with Gasteiger partial charge in [0.1, 0.15) is 5.82 Å². The van der Waals surface area contributed by atoms with E-state index >= 15 is 0 Å². The molecule has 2 rings (SSSR count). The average molecular weight is 292 g/mol. The fourth-order valence-corrected chi connectivity index (χ4v) is 1.44. The van der Waals surface area contributed by atoms with Gasteiger partial charge in [0.2, 0.25) is 0 Å². The first kappa shape index (κ1) is 14.4. The molecule has 0 atom stereocenters. The molecule has 110 valence electrons. The molecule has 2 N–H and O–H groups in total. The number of hydrogen-bond donors (Lipinski definition) is 2. The number of ether oxygens (including phenoxy) is 1. The molecule has 0 aromatic carbocycles. The van der Waals surface area contributed by atoms with Gasteiger partial charge in [-0.25, -0.2) is 14.3 Å². The van der Waals surface area contributed by atoms with Crippen LogP contribution in [0.25, 0.3) is 0 Å². The third-order valence-corrected chi connectivity index (χ3v) is 2.46. The Morgan fingerprint density at radius 2 is 2.10 bits per heavy atom. The minimum Gasteiger partial charge on any atom is -0.476 e. The number of nitrogens with one attached hydrogen (secondary N) is 1. The van der Waals surface area contributed by atoms with E-state index in [9.17, 15) is 9.59 Å². The van der Waals surface area contributed by atoms with Crippen LogP contribution < -0.4 is 5.32 Å². The number of carboxylic acids is 1. The lowest BCUT2D eigenvalue weighted by atomic mass is 10.4. The topological polar surface area (TPSA) is 132 Å². The first-order valence-corrected chi connectivity index (χ1v) is 5.89. The van der Waals surface area contributed by atoms with Crippen LogP contribution in [0.1, 0.15) is 21.0 Å². The maximum absolute atomic E-state index is 11.2. The van der Waals surface area contributed by atoms with E-state index in [-0.39, 0.29) is 11.4 Å². The second-order valence-corrected chi connectivity index (χ2v) is 3.89. The van der Waals surface area contributed by atoms with Crippen molar-refractivity contribution in [2.45, 2.75) is 6.54 Å². The Morgan fingerprint density at radius 1 is 1.29 bits per heavy atom. The zero-order valence-corrected chi connectivity index (χ0v) is 11.1. The van der Waals surface area contributed by atoms with Crippen molar-refractivity contribution < 1.29 is 19.4 Å². The van der Waals surface area contributed by atoms with E-state index in [1.807, 2.05) is 0 Å². The van der Waals surface area contributed by atoms with E-state index in [1.54, 1.807) is 6.07 Å².